The van der Waals surface area contributed by atoms with Gasteiger partial charge in [-0.05, 0) is 54.6 Å². The molecule has 0 aliphatic carbocycles. The number of methoxy groups -OCH3 is 4. The van der Waals surface area contributed by atoms with Gasteiger partial charge in [-0.1, -0.05) is 11.8 Å². The highest BCUT2D eigenvalue weighted by molar-refractivity contribution is 5.97. The minimum Gasteiger partial charge on any atom is -0.497 e. The van der Waals surface area contributed by atoms with Crippen molar-refractivity contribution < 1.29 is 33.3 Å². The Labute approximate surface area is 196 Å². The number of fused-ring (bicyclic) bond motifs is 1. The average Bonchev–Trinajstić information content (AvgIpc) is 3.24. The van der Waals surface area contributed by atoms with Crippen LogP contribution in [0.3, 0.4) is 0 Å². The molecule has 0 spiro atoms. The Morgan fingerprint density at radius 1 is 0.824 bits per heavy atom. The first-order valence-electron chi connectivity index (χ1n) is 10.2. The minimum atomic E-state index is -1.03. The summed E-state index contributed by atoms with van der Waals surface area (Å²) in [5.74, 6) is 7.92. The summed E-state index contributed by atoms with van der Waals surface area (Å²) in [5, 5.41) is 10.1. The molecule has 1 N–H and O–H groups in total. The highest BCUT2D eigenvalue weighted by Crippen LogP contribution is 2.38. The molecule has 0 fully saturated rings. The van der Waals surface area contributed by atoms with Gasteiger partial charge in [-0.2, -0.15) is 0 Å². The van der Waals surface area contributed by atoms with Crippen LogP contribution in [0.1, 0.15) is 21.5 Å². The van der Waals surface area contributed by atoms with Gasteiger partial charge in [-0.25, -0.2) is 4.79 Å². The van der Waals surface area contributed by atoms with E-state index in [9.17, 15) is 9.90 Å². The smallest absolute Gasteiger partial charge is 0.335 e. The summed E-state index contributed by atoms with van der Waals surface area (Å²) in [5.41, 5.74) is 2.65. The van der Waals surface area contributed by atoms with Crippen molar-refractivity contribution in [2.45, 2.75) is 0 Å². The molecule has 0 saturated heterocycles. The van der Waals surface area contributed by atoms with Crippen LogP contribution in [0.15, 0.2) is 59.0 Å². The van der Waals surface area contributed by atoms with E-state index < -0.39 is 5.97 Å². The monoisotopic (exact) mass is 458 g/mol. The molecule has 0 aliphatic rings. The second kappa shape index (κ2) is 9.51. The van der Waals surface area contributed by atoms with Gasteiger partial charge in [0.05, 0.1) is 39.6 Å². The van der Waals surface area contributed by atoms with Crippen LogP contribution in [-0.4, -0.2) is 39.5 Å². The van der Waals surface area contributed by atoms with E-state index in [-0.39, 0.29) is 5.56 Å². The summed E-state index contributed by atoms with van der Waals surface area (Å²) >= 11 is 0. The van der Waals surface area contributed by atoms with Gasteiger partial charge < -0.3 is 28.5 Å². The molecule has 0 amide bonds. The van der Waals surface area contributed by atoms with Gasteiger partial charge >= 0.3 is 5.97 Å². The molecule has 34 heavy (non-hydrogen) atoms. The van der Waals surface area contributed by atoms with E-state index in [4.69, 9.17) is 23.4 Å². The number of benzene rings is 3. The van der Waals surface area contributed by atoms with E-state index in [0.717, 1.165) is 5.56 Å². The minimum absolute atomic E-state index is 0.144. The van der Waals surface area contributed by atoms with E-state index in [1.54, 1.807) is 31.4 Å². The summed E-state index contributed by atoms with van der Waals surface area (Å²) in [6.07, 6.45) is 0. The molecular formula is C27H22O7. The zero-order chi connectivity index (χ0) is 24.2. The van der Waals surface area contributed by atoms with E-state index in [1.165, 1.54) is 27.4 Å². The van der Waals surface area contributed by atoms with Crippen molar-refractivity contribution in [3.8, 4) is 46.2 Å². The number of ether oxygens (including phenoxy) is 4. The number of rotatable bonds is 6. The maximum Gasteiger partial charge on any atom is 0.335 e. The molecule has 1 aromatic heterocycles. The fraction of sp³-hybridized carbons (Fsp3) is 0.148. The zero-order valence-corrected chi connectivity index (χ0v) is 19.1. The van der Waals surface area contributed by atoms with Crippen LogP contribution in [0, 0.1) is 11.8 Å². The van der Waals surface area contributed by atoms with Gasteiger partial charge in [-0.15, -0.1) is 0 Å². The van der Waals surface area contributed by atoms with Gasteiger partial charge in [0, 0.05) is 16.5 Å². The van der Waals surface area contributed by atoms with E-state index in [1.807, 2.05) is 24.3 Å². The summed E-state index contributed by atoms with van der Waals surface area (Å²) in [6.45, 7) is 0. The predicted octanol–water partition coefficient (Wildman–Crippen LogP) is 5.23. The SMILES string of the molecule is COc1ccc(-c2oc3ccc(C(=O)O)cc3c2C#Cc2cc(OC)c(OC)c(OC)c2)cc1. The van der Waals surface area contributed by atoms with Crippen molar-refractivity contribution >= 4 is 16.9 Å². The van der Waals surface area contributed by atoms with Crippen molar-refractivity contribution in [3.63, 3.8) is 0 Å². The molecule has 172 valence electrons. The lowest BCUT2D eigenvalue weighted by atomic mass is 10.0. The van der Waals surface area contributed by atoms with E-state index in [0.29, 0.717) is 50.9 Å². The van der Waals surface area contributed by atoms with Crippen molar-refractivity contribution in [1.29, 1.82) is 0 Å². The first kappa shape index (κ1) is 22.6. The number of furan rings is 1. The summed E-state index contributed by atoms with van der Waals surface area (Å²) < 4.78 is 27.6. The molecule has 4 rings (SSSR count). The number of carboxylic acids is 1. The highest BCUT2D eigenvalue weighted by atomic mass is 16.5. The molecular weight excluding hydrogens is 436 g/mol. The normalized spacial score (nSPS) is 10.4. The van der Waals surface area contributed by atoms with Crippen LogP contribution in [0.5, 0.6) is 23.0 Å². The van der Waals surface area contributed by atoms with Crippen LogP contribution in [0.25, 0.3) is 22.3 Å². The summed E-state index contributed by atoms with van der Waals surface area (Å²) in [4.78, 5) is 11.6. The lowest BCUT2D eigenvalue weighted by Gasteiger charge is -2.12. The van der Waals surface area contributed by atoms with Gasteiger partial charge in [0.1, 0.15) is 11.3 Å². The van der Waals surface area contributed by atoms with Crippen LogP contribution >= 0.6 is 0 Å². The van der Waals surface area contributed by atoms with Gasteiger partial charge in [0.25, 0.3) is 0 Å². The van der Waals surface area contributed by atoms with Crippen LogP contribution in [-0.2, 0) is 0 Å². The lowest BCUT2D eigenvalue weighted by molar-refractivity contribution is 0.0697. The van der Waals surface area contributed by atoms with Crippen molar-refractivity contribution in [3.05, 3.63) is 71.3 Å². The Morgan fingerprint density at radius 3 is 2.06 bits per heavy atom. The number of carboxylic acid groups (broad SMARTS) is 1. The molecule has 0 unspecified atom stereocenters. The van der Waals surface area contributed by atoms with Gasteiger partial charge in [-0.3, -0.25) is 0 Å². The Balaban J connectivity index is 1.91. The van der Waals surface area contributed by atoms with Gasteiger partial charge in [0.2, 0.25) is 5.75 Å². The highest BCUT2D eigenvalue weighted by Gasteiger charge is 2.17. The van der Waals surface area contributed by atoms with E-state index in [2.05, 4.69) is 11.8 Å². The zero-order valence-electron chi connectivity index (χ0n) is 19.1. The third-order valence-electron chi connectivity index (χ3n) is 5.28. The Bertz CT molecular complexity index is 1390. The molecule has 0 radical (unpaired) electrons. The average molecular weight is 458 g/mol. The van der Waals surface area contributed by atoms with Gasteiger partial charge in [0.15, 0.2) is 17.3 Å². The molecule has 0 bridgehead atoms. The largest absolute Gasteiger partial charge is 0.497 e. The molecule has 7 nitrogen and oxygen atoms in total. The first-order chi connectivity index (χ1) is 16.5. The van der Waals surface area contributed by atoms with Crippen LogP contribution < -0.4 is 18.9 Å². The molecule has 0 atom stereocenters. The molecule has 0 aliphatic heterocycles. The van der Waals surface area contributed by atoms with Crippen molar-refractivity contribution in [1.82, 2.24) is 0 Å². The predicted molar refractivity (Wildman–Crippen MR) is 127 cm³/mol. The lowest BCUT2D eigenvalue weighted by Crippen LogP contribution is -1.96. The maximum atomic E-state index is 11.6. The Kier molecular flexibility index (Phi) is 6.33. The second-order valence-corrected chi connectivity index (χ2v) is 7.21. The van der Waals surface area contributed by atoms with Crippen LogP contribution in [0.4, 0.5) is 0 Å². The fourth-order valence-corrected chi connectivity index (χ4v) is 3.59. The maximum absolute atomic E-state index is 11.6. The number of hydrogen-bond donors (Lipinski definition) is 1. The fourth-order valence-electron chi connectivity index (χ4n) is 3.59. The van der Waals surface area contributed by atoms with Crippen molar-refractivity contribution in [2.24, 2.45) is 0 Å². The molecule has 1 heterocycles. The third-order valence-corrected chi connectivity index (χ3v) is 5.28. The second-order valence-electron chi connectivity index (χ2n) is 7.21. The topological polar surface area (TPSA) is 87.4 Å². The summed E-state index contributed by atoms with van der Waals surface area (Å²) in [6, 6.07) is 15.5. The Hall–Kier alpha value is -4.57. The molecule has 7 heteroatoms. The third kappa shape index (κ3) is 4.21. The molecule has 0 saturated carbocycles. The van der Waals surface area contributed by atoms with Crippen LogP contribution in [0.2, 0.25) is 0 Å². The van der Waals surface area contributed by atoms with Crippen molar-refractivity contribution in [2.75, 3.05) is 28.4 Å². The number of carbonyl (C=O) groups is 1. The number of aromatic carboxylic acids is 1. The molecule has 4 aromatic rings. The molecule has 3 aromatic carbocycles. The number of hydrogen-bond acceptors (Lipinski definition) is 6. The standard InChI is InChI=1S/C27H22O7/c1-30-19-9-6-17(7-10-19)25-20(21-15-18(27(28)29)8-12-22(21)34-25)11-5-16-13-23(31-2)26(33-4)24(14-16)32-3/h6-10,12-15H,1-4H3,(H,28,29). The Morgan fingerprint density at radius 2 is 1.50 bits per heavy atom. The first-order valence-corrected chi connectivity index (χ1v) is 10.2. The summed E-state index contributed by atoms with van der Waals surface area (Å²) in [7, 11) is 6.20. The quantitative estimate of drug-likeness (QED) is 0.396. The van der Waals surface area contributed by atoms with E-state index >= 15 is 0 Å².